The van der Waals surface area contributed by atoms with Gasteiger partial charge in [0.1, 0.15) is 0 Å². The summed E-state index contributed by atoms with van der Waals surface area (Å²) in [6.45, 7) is 3.01. The van der Waals surface area contributed by atoms with Gasteiger partial charge < -0.3 is 27.4 Å². The van der Waals surface area contributed by atoms with Crippen molar-refractivity contribution in [1.29, 1.82) is 0 Å². The quantitative estimate of drug-likeness (QED) is 0.727. The summed E-state index contributed by atoms with van der Waals surface area (Å²) in [4.78, 5) is 25.5. The van der Waals surface area contributed by atoms with E-state index >= 15 is 0 Å². The number of halogens is 1. The molecule has 0 spiro atoms. The summed E-state index contributed by atoms with van der Waals surface area (Å²) in [6.07, 6.45) is 4.27. The number of hydrogen-bond donors (Lipinski definition) is 1. The van der Waals surface area contributed by atoms with E-state index in [9.17, 15) is 9.59 Å². The summed E-state index contributed by atoms with van der Waals surface area (Å²) in [6, 6.07) is 6.72. The lowest BCUT2D eigenvalue weighted by Gasteiger charge is -2.25. The monoisotopic (exact) mass is 325 g/mol. The Labute approximate surface area is 137 Å². The SMILES string of the molecule is COC(=O)c1ccc(NC(=O)CCN2CCCCC2)cc1.[Cl-]. The Balaban J connectivity index is 0.00000242. The number of piperidine rings is 1. The van der Waals surface area contributed by atoms with Crippen LogP contribution in [0.1, 0.15) is 36.0 Å². The molecule has 1 aromatic rings. The van der Waals surface area contributed by atoms with Crippen molar-refractivity contribution in [2.45, 2.75) is 25.7 Å². The smallest absolute Gasteiger partial charge is 0.337 e. The summed E-state index contributed by atoms with van der Waals surface area (Å²) in [7, 11) is 1.35. The molecular weight excluding hydrogens is 304 g/mol. The van der Waals surface area contributed by atoms with E-state index in [2.05, 4.69) is 15.0 Å². The molecule has 0 bridgehead atoms. The van der Waals surface area contributed by atoms with Gasteiger partial charge in [-0.25, -0.2) is 4.79 Å². The molecule has 0 aliphatic carbocycles. The Morgan fingerprint density at radius 3 is 2.36 bits per heavy atom. The Kier molecular flexibility index (Phi) is 7.91. The van der Waals surface area contributed by atoms with Crippen molar-refractivity contribution in [1.82, 2.24) is 4.90 Å². The first-order valence-electron chi connectivity index (χ1n) is 7.39. The Bertz CT molecular complexity index is 485. The van der Waals surface area contributed by atoms with E-state index in [1.807, 2.05) is 0 Å². The van der Waals surface area contributed by atoms with E-state index in [4.69, 9.17) is 0 Å². The third-order valence-corrected chi connectivity index (χ3v) is 3.69. The first kappa shape index (κ1) is 18.5. The van der Waals surface area contributed by atoms with Crippen LogP contribution in [0.25, 0.3) is 0 Å². The van der Waals surface area contributed by atoms with Crippen LogP contribution in [0.2, 0.25) is 0 Å². The van der Waals surface area contributed by atoms with E-state index in [0.29, 0.717) is 17.7 Å². The first-order chi connectivity index (χ1) is 10.2. The molecule has 1 heterocycles. The van der Waals surface area contributed by atoms with Crippen molar-refractivity contribution >= 4 is 17.6 Å². The molecule has 122 valence electrons. The maximum atomic E-state index is 11.9. The maximum Gasteiger partial charge on any atom is 0.337 e. The summed E-state index contributed by atoms with van der Waals surface area (Å²) < 4.78 is 4.63. The second-order valence-corrected chi connectivity index (χ2v) is 5.27. The molecule has 22 heavy (non-hydrogen) atoms. The molecule has 2 rings (SSSR count). The van der Waals surface area contributed by atoms with Crippen molar-refractivity contribution in [2.24, 2.45) is 0 Å². The van der Waals surface area contributed by atoms with Crippen molar-refractivity contribution in [3.63, 3.8) is 0 Å². The molecular formula is C16H22ClN2O3-. The minimum Gasteiger partial charge on any atom is -1.00 e. The van der Waals surface area contributed by atoms with Crippen LogP contribution in [0.15, 0.2) is 24.3 Å². The fourth-order valence-electron chi connectivity index (χ4n) is 2.47. The minimum atomic E-state index is -0.377. The zero-order valence-electron chi connectivity index (χ0n) is 12.8. The van der Waals surface area contributed by atoms with Gasteiger partial charge in [-0.2, -0.15) is 0 Å². The fourth-order valence-corrected chi connectivity index (χ4v) is 2.47. The van der Waals surface area contributed by atoms with Crippen molar-refractivity contribution in [3.05, 3.63) is 29.8 Å². The molecule has 0 unspecified atom stereocenters. The molecule has 1 fully saturated rings. The molecule has 1 N–H and O–H groups in total. The molecule has 1 aliphatic rings. The van der Waals surface area contributed by atoms with E-state index in [0.717, 1.165) is 19.6 Å². The highest BCUT2D eigenvalue weighted by molar-refractivity contribution is 5.93. The molecule has 0 saturated carbocycles. The van der Waals surface area contributed by atoms with Crippen LogP contribution in [-0.2, 0) is 9.53 Å². The lowest BCUT2D eigenvalue weighted by atomic mass is 10.1. The number of hydrogen-bond acceptors (Lipinski definition) is 4. The molecule has 1 aromatic carbocycles. The highest BCUT2D eigenvalue weighted by atomic mass is 35.5. The first-order valence-corrected chi connectivity index (χ1v) is 7.39. The summed E-state index contributed by atoms with van der Waals surface area (Å²) in [5.74, 6) is -0.371. The highest BCUT2D eigenvalue weighted by Gasteiger charge is 2.12. The highest BCUT2D eigenvalue weighted by Crippen LogP contribution is 2.12. The number of amides is 1. The number of anilines is 1. The zero-order chi connectivity index (χ0) is 15.1. The second kappa shape index (κ2) is 9.43. The van der Waals surface area contributed by atoms with Crippen molar-refractivity contribution in [3.8, 4) is 0 Å². The van der Waals surface area contributed by atoms with Gasteiger partial charge >= 0.3 is 5.97 Å². The van der Waals surface area contributed by atoms with E-state index < -0.39 is 0 Å². The number of carbonyl (C=O) groups is 2. The second-order valence-electron chi connectivity index (χ2n) is 5.27. The Morgan fingerprint density at radius 2 is 1.77 bits per heavy atom. The summed E-state index contributed by atoms with van der Waals surface area (Å²) in [5.41, 5.74) is 1.18. The van der Waals surface area contributed by atoms with Gasteiger partial charge in [0, 0.05) is 18.7 Å². The third kappa shape index (κ3) is 5.66. The molecule has 5 nitrogen and oxygen atoms in total. The topological polar surface area (TPSA) is 58.6 Å². The van der Waals surface area contributed by atoms with Crippen LogP contribution in [-0.4, -0.2) is 43.5 Å². The lowest BCUT2D eigenvalue weighted by molar-refractivity contribution is -0.116. The van der Waals surface area contributed by atoms with Gasteiger partial charge in [0.15, 0.2) is 0 Å². The van der Waals surface area contributed by atoms with E-state index in [-0.39, 0.29) is 24.3 Å². The number of nitrogens with one attached hydrogen (secondary N) is 1. The molecule has 1 amide bonds. The van der Waals surface area contributed by atoms with Crippen LogP contribution < -0.4 is 17.7 Å². The molecule has 1 aliphatic heterocycles. The van der Waals surface area contributed by atoms with Crippen LogP contribution in [0.5, 0.6) is 0 Å². The predicted octanol–water partition coefficient (Wildman–Crippen LogP) is -0.708. The fraction of sp³-hybridized carbons (Fsp3) is 0.500. The number of benzene rings is 1. The van der Waals surface area contributed by atoms with Gasteiger partial charge in [-0.1, -0.05) is 6.42 Å². The number of rotatable bonds is 5. The van der Waals surface area contributed by atoms with Crippen LogP contribution in [0, 0.1) is 0 Å². The Hall–Kier alpha value is -1.59. The molecule has 1 saturated heterocycles. The normalized spacial score (nSPS) is 14.8. The van der Waals surface area contributed by atoms with Gasteiger partial charge in [0.25, 0.3) is 0 Å². The van der Waals surface area contributed by atoms with Gasteiger partial charge in [0.2, 0.25) is 5.91 Å². The van der Waals surface area contributed by atoms with E-state index in [1.54, 1.807) is 24.3 Å². The van der Waals surface area contributed by atoms with Gasteiger partial charge in [-0.15, -0.1) is 0 Å². The summed E-state index contributed by atoms with van der Waals surface area (Å²) in [5, 5.41) is 2.85. The summed E-state index contributed by atoms with van der Waals surface area (Å²) >= 11 is 0. The molecule has 6 heteroatoms. The number of methoxy groups -OCH3 is 1. The van der Waals surface area contributed by atoms with Crippen LogP contribution in [0.3, 0.4) is 0 Å². The minimum absolute atomic E-state index is 0. The maximum absolute atomic E-state index is 11.9. The number of nitrogens with zero attached hydrogens (tertiary/aromatic N) is 1. The van der Waals surface area contributed by atoms with Crippen LogP contribution >= 0.6 is 0 Å². The molecule has 0 atom stereocenters. The van der Waals surface area contributed by atoms with Gasteiger partial charge in [0.05, 0.1) is 12.7 Å². The standard InChI is InChI=1S/C16H22N2O3.ClH/c1-21-16(20)13-5-7-14(8-6-13)17-15(19)9-12-18-10-3-2-4-11-18;/h5-8H,2-4,9-12H2,1H3,(H,17,19);1H/p-1. The molecule has 0 aromatic heterocycles. The average molecular weight is 326 g/mol. The molecule has 0 radical (unpaired) electrons. The number of ether oxygens (including phenoxy) is 1. The van der Waals surface area contributed by atoms with Crippen LogP contribution in [0.4, 0.5) is 5.69 Å². The lowest BCUT2D eigenvalue weighted by Crippen LogP contribution is -3.00. The average Bonchev–Trinajstić information content (AvgIpc) is 2.54. The van der Waals surface area contributed by atoms with Crippen molar-refractivity contribution < 1.29 is 26.7 Å². The van der Waals surface area contributed by atoms with E-state index in [1.165, 1.54) is 26.4 Å². The van der Waals surface area contributed by atoms with Gasteiger partial charge in [-0.05, 0) is 50.2 Å². The Morgan fingerprint density at radius 1 is 1.14 bits per heavy atom. The van der Waals surface area contributed by atoms with Crippen molar-refractivity contribution in [2.75, 3.05) is 32.1 Å². The predicted molar refractivity (Wildman–Crippen MR) is 81.3 cm³/mol. The number of carbonyl (C=O) groups excluding carboxylic acids is 2. The largest absolute Gasteiger partial charge is 1.00 e. The number of likely N-dealkylation sites (tertiary alicyclic amines) is 1. The van der Waals surface area contributed by atoms with Gasteiger partial charge in [-0.3, -0.25) is 4.79 Å². The number of esters is 1. The third-order valence-electron chi connectivity index (χ3n) is 3.69. The zero-order valence-corrected chi connectivity index (χ0v) is 13.6.